The van der Waals surface area contributed by atoms with Gasteiger partial charge in [-0.1, -0.05) is 30.3 Å². The Morgan fingerprint density at radius 2 is 1.70 bits per heavy atom. The molecular weight excluding hydrogens is 363 g/mol. The number of halogens is 3. The Morgan fingerprint density at radius 1 is 1.04 bits per heavy atom. The Morgan fingerprint density at radius 3 is 2.41 bits per heavy atom. The van der Waals surface area contributed by atoms with E-state index in [-0.39, 0.29) is 43.2 Å². The van der Waals surface area contributed by atoms with Crippen LogP contribution in [0.3, 0.4) is 0 Å². The van der Waals surface area contributed by atoms with Crippen LogP contribution in [0.4, 0.5) is 13.2 Å². The van der Waals surface area contributed by atoms with Crippen LogP contribution in [0, 0.1) is 0 Å². The van der Waals surface area contributed by atoms with E-state index in [9.17, 15) is 22.8 Å². The normalized spacial score (nSPS) is 11.1. The average Bonchev–Trinajstić information content (AvgIpc) is 2.63. The van der Waals surface area contributed by atoms with Crippen LogP contribution in [0.5, 0.6) is 5.75 Å². The minimum absolute atomic E-state index is 0.0333. The Labute approximate surface area is 153 Å². The standard InChI is InChI=1S/C19H18F3NO4/c20-19(21,22)15-7-3-4-8-16(15)27-12-11-23-17(24)10-9-13-5-1-2-6-14(13)18(25)26/h1-8H,9-12H2,(H,23,24)(H,25,26). The van der Waals surface area contributed by atoms with Crippen molar-refractivity contribution < 1.29 is 32.6 Å². The van der Waals surface area contributed by atoms with Crippen LogP contribution in [-0.2, 0) is 17.4 Å². The number of carbonyl (C=O) groups is 2. The van der Waals surface area contributed by atoms with Crippen molar-refractivity contribution in [2.75, 3.05) is 13.2 Å². The SMILES string of the molecule is O=C(CCc1ccccc1C(=O)O)NCCOc1ccccc1C(F)(F)F. The van der Waals surface area contributed by atoms with Crippen molar-refractivity contribution in [1.29, 1.82) is 0 Å². The highest BCUT2D eigenvalue weighted by Gasteiger charge is 2.33. The Kier molecular flexibility index (Phi) is 6.81. The molecule has 1 amide bonds. The van der Waals surface area contributed by atoms with Gasteiger partial charge < -0.3 is 15.2 Å². The van der Waals surface area contributed by atoms with E-state index in [1.807, 2.05) is 0 Å². The fourth-order valence-electron chi connectivity index (χ4n) is 2.46. The third-order valence-corrected chi connectivity index (χ3v) is 3.74. The zero-order valence-corrected chi connectivity index (χ0v) is 14.3. The molecule has 27 heavy (non-hydrogen) atoms. The molecule has 0 aliphatic rings. The van der Waals surface area contributed by atoms with Gasteiger partial charge in [-0.15, -0.1) is 0 Å². The van der Waals surface area contributed by atoms with Crippen molar-refractivity contribution in [3.8, 4) is 5.75 Å². The van der Waals surface area contributed by atoms with Crippen LogP contribution in [0.1, 0.15) is 27.9 Å². The van der Waals surface area contributed by atoms with Crippen molar-refractivity contribution in [2.45, 2.75) is 19.0 Å². The first-order valence-electron chi connectivity index (χ1n) is 8.16. The van der Waals surface area contributed by atoms with Gasteiger partial charge in [-0.3, -0.25) is 4.79 Å². The molecule has 5 nitrogen and oxygen atoms in total. The molecule has 0 aliphatic heterocycles. The molecule has 0 saturated carbocycles. The molecule has 2 N–H and O–H groups in total. The van der Waals surface area contributed by atoms with Crippen molar-refractivity contribution in [3.63, 3.8) is 0 Å². The number of nitrogens with one attached hydrogen (secondary N) is 1. The zero-order chi connectivity index (χ0) is 19.9. The summed E-state index contributed by atoms with van der Waals surface area (Å²) in [6.45, 7) is -0.0872. The molecule has 0 radical (unpaired) electrons. The second-order valence-electron chi connectivity index (χ2n) is 5.65. The highest BCUT2D eigenvalue weighted by Crippen LogP contribution is 2.35. The van der Waals surface area contributed by atoms with E-state index in [1.165, 1.54) is 24.3 Å². The van der Waals surface area contributed by atoms with E-state index >= 15 is 0 Å². The summed E-state index contributed by atoms with van der Waals surface area (Å²) < 4.78 is 43.7. The number of ether oxygens (including phenoxy) is 1. The van der Waals surface area contributed by atoms with Crippen molar-refractivity contribution in [2.24, 2.45) is 0 Å². The third kappa shape index (κ3) is 6.02. The topological polar surface area (TPSA) is 75.6 Å². The van der Waals surface area contributed by atoms with Gasteiger partial charge in [-0.2, -0.15) is 13.2 Å². The largest absolute Gasteiger partial charge is 0.491 e. The number of carboxylic acids is 1. The molecule has 0 atom stereocenters. The second-order valence-corrected chi connectivity index (χ2v) is 5.65. The van der Waals surface area contributed by atoms with Gasteiger partial charge in [0.1, 0.15) is 12.4 Å². The van der Waals surface area contributed by atoms with Crippen molar-refractivity contribution in [1.82, 2.24) is 5.32 Å². The van der Waals surface area contributed by atoms with Gasteiger partial charge in [0.15, 0.2) is 0 Å². The summed E-state index contributed by atoms with van der Waals surface area (Å²) in [5, 5.41) is 11.6. The fourth-order valence-corrected chi connectivity index (χ4v) is 2.46. The predicted octanol–water partition coefficient (Wildman–Crippen LogP) is 3.53. The Hall–Kier alpha value is -3.03. The van der Waals surface area contributed by atoms with E-state index in [0.29, 0.717) is 5.56 Å². The quantitative estimate of drug-likeness (QED) is 0.686. The predicted molar refractivity (Wildman–Crippen MR) is 91.7 cm³/mol. The van der Waals surface area contributed by atoms with Gasteiger partial charge in [0, 0.05) is 6.42 Å². The summed E-state index contributed by atoms with van der Waals surface area (Å²) in [5.41, 5.74) is -0.200. The van der Waals surface area contributed by atoms with E-state index in [2.05, 4.69) is 5.32 Å². The van der Waals surface area contributed by atoms with Crippen LogP contribution < -0.4 is 10.1 Å². The maximum Gasteiger partial charge on any atom is 0.419 e. The van der Waals surface area contributed by atoms with Gasteiger partial charge in [0.25, 0.3) is 0 Å². The molecule has 0 unspecified atom stereocenters. The van der Waals surface area contributed by atoms with Gasteiger partial charge in [0.2, 0.25) is 5.91 Å². The summed E-state index contributed by atoms with van der Waals surface area (Å²) in [7, 11) is 0. The summed E-state index contributed by atoms with van der Waals surface area (Å²) in [4.78, 5) is 23.0. The summed E-state index contributed by atoms with van der Waals surface area (Å²) >= 11 is 0. The van der Waals surface area contributed by atoms with E-state index in [1.54, 1.807) is 18.2 Å². The highest BCUT2D eigenvalue weighted by atomic mass is 19.4. The molecular formula is C19H18F3NO4. The molecule has 0 spiro atoms. The number of carboxylic acid groups (broad SMARTS) is 1. The summed E-state index contributed by atoms with van der Waals surface area (Å²) in [6, 6.07) is 11.2. The number of carbonyl (C=O) groups excluding carboxylic acids is 1. The van der Waals surface area contributed by atoms with E-state index in [4.69, 9.17) is 9.84 Å². The van der Waals surface area contributed by atoms with Gasteiger partial charge >= 0.3 is 12.1 Å². The molecule has 8 heteroatoms. The van der Waals surface area contributed by atoms with Gasteiger partial charge in [-0.05, 0) is 30.2 Å². The molecule has 2 aromatic carbocycles. The van der Waals surface area contributed by atoms with Crippen molar-refractivity contribution in [3.05, 3.63) is 65.2 Å². The highest BCUT2D eigenvalue weighted by molar-refractivity contribution is 5.89. The number of benzene rings is 2. The van der Waals surface area contributed by atoms with Crippen molar-refractivity contribution >= 4 is 11.9 Å². The maximum atomic E-state index is 12.8. The Balaban J connectivity index is 1.79. The van der Waals surface area contributed by atoms with Gasteiger partial charge in [-0.25, -0.2) is 4.79 Å². The minimum Gasteiger partial charge on any atom is -0.491 e. The maximum absolute atomic E-state index is 12.8. The molecule has 0 aromatic heterocycles. The van der Waals surface area contributed by atoms with Crippen LogP contribution >= 0.6 is 0 Å². The Bertz CT molecular complexity index is 806. The number of aryl methyl sites for hydroxylation is 1. The lowest BCUT2D eigenvalue weighted by Crippen LogP contribution is -2.28. The first-order valence-corrected chi connectivity index (χ1v) is 8.16. The number of rotatable bonds is 8. The number of hydrogen-bond acceptors (Lipinski definition) is 3. The zero-order valence-electron chi connectivity index (χ0n) is 14.3. The molecule has 0 saturated heterocycles. The fraction of sp³-hybridized carbons (Fsp3) is 0.263. The molecule has 0 aliphatic carbocycles. The van der Waals surface area contributed by atoms with Crippen LogP contribution in [0.25, 0.3) is 0 Å². The van der Waals surface area contributed by atoms with Crippen LogP contribution in [0.15, 0.2) is 48.5 Å². The number of para-hydroxylation sites is 1. The molecule has 0 bridgehead atoms. The summed E-state index contributed by atoms with van der Waals surface area (Å²) in [6.07, 6.45) is -4.22. The number of hydrogen-bond donors (Lipinski definition) is 2. The number of alkyl halides is 3. The van der Waals surface area contributed by atoms with E-state index < -0.39 is 17.7 Å². The van der Waals surface area contributed by atoms with Gasteiger partial charge in [0.05, 0.1) is 17.7 Å². The summed E-state index contributed by atoms with van der Waals surface area (Å²) in [5.74, 6) is -1.71. The lowest BCUT2D eigenvalue weighted by Gasteiger charge is -2.14. The molecule has 144 valence electrons. The molecule has 0 heterocycles. The minimum atomic E-state index is -4.52. The van der Waals surface area contributed by atoms with E-state index in [0.717, 1.165) is 6.07 Å². The molecule has 2 aromatic rings. The molecule has 0 fully saturated rings. The first kappa shape index (κ1) is 20.3. The monoisotopic (exact) mass is 381 g/mol. The van der Waals surface area contributed by atoms with Crippen LogP contribution in [-0.4, -0.2) is 30.1 Å². The lowest BCUT2D eigenvalue weighted by molar-refractivity contribution is -0.139. The molecule has 2 rings (SSSR count). The second kappa shape index (κ2) is 9.07. The third-order valence-electron chi connectivity index (χ3n) is 3.74. The number of aromatic carboxylic acids is 1. The smallest absolute Gasteiger partial charge is 0.419 e. The number of amides is 1. The first-order chi connectivity index (χ1) is 12.8. The average molecular weight is 381 g/mol. The lowest BCUT2D eigenvalue weighted by atomic mass is 10.0. The van der Waals surface area contributed by atoms with Crippen LogP contribution in [0.2, 0.25) is 0 Å².